The number of hydrogen-bond donors (Lipinski definition) is 2. The first-order chi connectivity index (χ1) is 11.3. The molecule has 1 aliphatic rings. The van der Waals surface area contributed by atoms with Crippen LogP contribution in [-0.2, 0) is 19.1 Å². The van der Waals surface area contributed by atoms with Crippen LogP contribution in [0, 0.1) is 11.3 Å². The van der Waals surface area contributed by atoms with Crippen LogP contribution in [0.4, 0.5) is 4.79 Å². The predicted octanol–water partition coefficient (Wildman–Crippen LogP) is 2.00. The summed E-state index contributed by atoms with van der Waals surface area (Å²) in [4.78, 5) is 35.1. The van der Waals surface area contributed by atoms with E-state index in [-0.39, 0.29) is 43.1 Å². The number of ether oxygens (including phenoxy) is 2. The average molecular weight is 342 g/mol. The lowest BCUT2D eigenvalue weighted by atomic mass is 9.86. The highest BCUT2D eigenvalue weighted by Crippen LogP contribution is 2.25. The molecule has 24 heavy (non-hydrogen) atoms. The van der Waals surface area contributed by atoms with Crippen molar-refractivity contribution in [2.45, 2.75) is 58.9 Å². The zero-order valence-electron chi connectivity index (χ0n) is 15.1. The van der Waals surface area contributed by atoms with E-state index in [4.69, 9.17) is 9.47 Å². The molecule has 1 aliphatic carbocycles. The van der Waals surface area contributed by atoms with E-state index in [2.05, 4.69) is 10.6 Å². The highest BCUT2D eigenvalue weighted by molar-refractivity contribution is 5.76. The Hall–Kier alpha value is -1.79. The molecule has 1 saturated carbocycles. The minimum absolute atomic E-state index is 0.0579. The molecule has 0 atom stereocenters. The maximum atomic E-state index is 11.8. The van der Waals surface area contributed by atoms with E-state index in [9.17, 15) is 14.4 Å². The Morgan fingerprint density at radius 1 is 1.12 bits per heavy atom. The van der Waals surface area contributed by atoms with Crippen molar-refractivity contribution in [1.29, 1.82) is 0 Å². The number of esters is 2. The van der Waals surface area contributed by atoms with Crippen molar-refractivity contribution in [1.82, 2.24) is 10.6 Å². The van der Waals surface area contributed by atoms with E-state index in [0.717, 1.165) is 25.7 Å². The molecule has 0 spiro atoms. The summed E-state index contributed by atoms with van der Waals surface area (Å²) in [5.74, 6) is -0.486. The van der Waals surface area contributed by atoms with Crippen LogP contribution in [-0.4, -0.2) is 44.3 Å². The topological polar surface area (TPSA) is 93.7 Å². The quantitative estimate of drug-likeness (QED) is 0.545. The van der Waals surface area contributed by atoms with Gasteiger partial charge in [0.2, 0.25) is 0 Å². The van der Waals surface area contributed by atoms with Gasteiger partial charge in [0.1, 0.15) is 6.61 Å². The van der Waals surface area contributed by atoms with Gasteiger partial charge >= 0.3 is 18.0 Å². The van der Waals surface area contributed by atoms with Crippen molar-refractivity contribution >= 4 is 18.0 Å². The van der Waals surface area contributed by atoms with Gasteiger partial charge in [0.05, 0.1) is 25.0 Å². The second-order valence-electron chi connectivity index (χ2n) is 6.85. The third-order valence-corrected chi connectivity index (χ3v) is 4.65. The molecule has 0 aromatic heterocycles. The van der Waals surface area contributed by atoms with Crippen LogP contribution in [0.3, 0.4) is 0 Å². The minimum atomic E-state index is -0.499. The second-order valence-corrected chi connectivity index (χ2v) is 6.85. The van der Waals surface area contributed by atoms with E-state index in [0.29, 0.717) is 6.42 Å². The number of carbonyl (C=O) groups is 3. The van der Waals surface area contributed by atoms with Crippen LogP contribution >= 0.6 is 0 Å². The van der Waals surface area contributed by atoms with Gasteiger partial charge < -0.3 is 20.1 Å². The van der Waals surface area contributed by atoms with Gasteiger partial charge in [-0.2, -0.15) is 0 Å². The predicted molar refractivity (Wildman–Crippen MR) is 89.3 cm³/mol. The van der Waals surface area contributed by atoms with Gasteiger partial charge in [0.15, 0.2) is 0 Å². The summed E-state index contributed by atoms with van der Waals surface area (Å²) in [5, 5.41) is 5.56. The number of amides is 2. The lowest BCUT2D eigenvalue weighted by Gasteiger charge is -2.27. The van der Waals surface area contributed by atoms with Crippen molar-refractivity contribution in [3.05, 3.63) is 0 Å². The van der Waals surface area contributed by atoms with Crippen LogP contribution in [0.2, 0.25) is 0 Å². The number of carbonyl (C=O) groups excluding carboxylic acids is 3. The molecule has 7 heteroatoms. The summed E-state index contributed by atoms with van der Waals surface area (Å²) in [6.07, 6.45) is 3.66. The molecule has 1 fully saturated rings. The van der Waals surface area contributed by atoms with Crippen molar-refractivity contribution in [2.24, 2.45) is 11.3 Å². The maximum Gasteiger partial charge on any atom is 0.315 e. The summed E-state index contributed by atoms with van der Waals surface area (Å²) in [6.45, 7) is 6.03. The molecule has 2 N–H and O–H groups in total. The molecule has 0 bridgehead atoms. The number of urea groups is 1. The number of hydrogen-bond acceptors (Lipinski definition) is 5. The first-order valence-electron chi connectivity index (χ1n) is 8.59. The van der Waals surface area contributed by atoms with E-state index >= 15 is 0 Å². The van der Waals surface area contributed by atoms with Crippen LogP contribution < -0.4 is 10.6 Å². The summed E-state index contributed by atoms with van der Waals surface area (Å²) < 4.78 is 9.90. The van der Waals surface area contributed by atoms with Gasteiger partial charge in [-0.15, -0.1) is 0 Å². The van der Waals surface area contributed by atoms with E-state index < -0.39 is 5.41 Å². The molecule has 2 amide bonds. The summed E-state index contributed by atoms with van der Waals surface area (Å²) >= 11 is 0. The van der Waals surface area contributed by atoms with Gasteiger partial charge in [-0.1, -0.05) is 6.92 Å². The Labute approximate surface area is 143 Å². The van der Waals surface area contributed by atoms with Crippen molar-refractivity contribution < 1.29 is 23.9 Å². The van der Waals surface area contributed by atoms with Gasteiger partial charge in [-0.25, -0.2) is 4.79 Å². The first-order valence-corrected chi connectivity index (χ1v) is 8.59. The molecule has 0 unspecified atom stereocenters. The fourth-order valence-electron chi connectivity index (χ4n) is 2.52. The molecule has 0 aromatic rings. The Morgan fingerprint density at radius 3 is 2.29 bits per heavy atom. The third-order valence-electron chi connectivity index (χ3n) is 4.65. The Kier molecular flexibility index (Phi) is 8.01. The van der Waals surface area contributed by atoms with E-state index in [1.807, 2.05) is 20.8 Å². The number of methoxy groups -OCH3 is 1. The standard InChI is InChI=1S/C17H30N2O5/c1-5-17(2,3)15(21)24-11-10-18-16(22)19-13-8-6-12(7-9-13)14(20)23-4/h12-13H,5-11H2,1-4H3,(H2,18,19,22). The lowest BCUT2D eigenvalue weighted by molar-refractivity contribution is -0.154. The Balaban J connectivity index is 2.17. The van der Waals surface area contributed by atoms with Crippen molar-refractivity contribution in [2.75, 3.05) is 20.3 Å². The number of rotatable bonds is 7. The van der Waals surface area contributed by atoms with Gasteiger partial charge in [0, 0.05) is 6.04 Å². The largest absolute Gasteiger partial charge is 0.469 e. The van der Waals surface area contributed by atoms with Gasteiger partial charge in [-0.05, 0) is 46.0 Å². The third kappa shape index (κ3) is 6.37. The van der Waals surface area contributed by atoms with Crippen molar-refractivity contribution in [3.8, 4) is 0 Å². The van der Waals surface area contributed by atoms with Gasteiger partial charge in [-0.3, -0.25) is 9.59 Å². The monoisotopic (exact) mass is 342 g/mol. The Bertz CT molecular complexity index is 442. The zero-order chi connectivity index (χ0) is 18.2. The lowest BCUT2D eigenvalue weighted by Crippen LogP contribution is -2.45. The van der Waals surface area contributed by atoms with Crippen LogP contribution in [0.1, 0.15) is 52.9 Å². The van der Waals surface area contributed by atoms with E-state index in [1.165, 1.54) is 7.11 Å². The molecule has 0 aliphatic heterocycles. The smallest absolute Gasteiger partial charge is 0.315 e. The zero-order valence-corrected chi connectivity index (χ0v) is 15.1. The molecule has 0 heterocycles. The van der Waals surface area contributed by atoms with Crippen LogP contribution in [0.5, 0.6) is 0 Å². The van der Waals surface area contributed by atoms with Gasteiger partial charge in [0.25, 0.3) is 0 Å². The van der Waals surface area contributed by atoms with Crippen molar-refractivity contribution in [3.63, 3.8) is 0 Å². The molecule has 0 saturated heterocycles. The average Bonchev–Trinajstić information content (AvgIpc) is 2.58. The fraction of sp³-hybridized carbons (Fsp3) is 0.824. The van der Waals surface area contributed by atoms with E-state index in [1.54, 1.807) is 0 Å². The first kappa shape index (κ1) is 20.3. The molecular weight excluding hydrogens is 312 g/mol. The SMILES string of the molecule is CCC(C)(C)C(=O)OCCNC(=O)NC1CCC(C(=O)OC)CC1. The molecular formula is C17H30N2O5. The molecule has 0 aromatic carbocycles. The maximum absolute atomic E-state index is 11.8. The van der Waals surface area contributed by atoms with Crippen LogP contribution in [0.15, 0.2) is 0 Å². The molecule has 138 valence electrons. The fourth-order valence-corrected chi connectivity index (χ4v) is 2.52. The highest BCUT2D eigenvalue weighted by Gasteiger charge is 2.28. The number of nitrogens with one attached hydrogen (secondary N) is 2. The summed E-state index contributed by atoms with van der Waals surface area (Å²) in [7, 11) is 1.40. The molecule has 0 radical (unpaired) electrons. The Morgan fingerprint density at radius 2 is 1.75 bits per heavy atom. The second kappa shape index (κ2) is 9.49. The molecule has 1 rings (SSSR count). The normalized spacial score (nSPS) is 20.8. The summed E-state index contributed by atoms with van der Waals surface area (Å²) in [5.41, 5.74) is -0.499. The highest BCUT2D eigenvalue weighted by atomic mass is 16.5. The molecule has 7 nitrogen and oxygen atoms in total. The minimum Gasteiger partial charge on any atom is -0.469 e. The summed E-state index contributed by atoms with van der Waals surface area (Å²) in [6, 6.07) is -0.213. The van der Waals surface area contributed by atoms with Crippen LogP contribution in [0.25, 0.3) is 0 Å².